The summed E-state index contributed by atoms with van der Waals surface area (Å²) < 4.78 is 0. The molecule has 0 aromatic heterocycles. The van der Waals surface area contributed by atoms with Crippen molar-refractivity contribution in [3.63, 3.8) is 0 Å². The SMILES string of the molecule is CC(=O)Nc1ccc(NC(=O)[C@H]2CC(=O)N(c3cc(Cl)ccc3Cl)C2)cc1. The van der Waals surface area contributed by atoms with Gasteiger partial charge in [-0.2, -0.15) is 0 Å². The summed E-state index contributed by atoms with van der Waals surface area (Å²) in [6, 6.07) is 11.6. The molecule has 140 valence electrons. The number of nitrogens with one attached hydrogen (secondary N) is 2. The molecule has 2 aromatic rings. The molecule has 2 N–H and O–H groups in total. The molecule has 27 heavy (non-hydrogen) atoms. The summed E-state index contributed by atoms with van der Waals surface area (Å²) in [4.78, 5) is 37.4. The molecule has 1 aliphatic rings. The molecule has 1 heterocycles. The van der Waals surface area contributed by atoms with E-state index in [1.807, 2.05) is 0 Å². The first-order valence-corrected chi connectivity index (χ1v) is 9.03. The number of rotatable bonds is 4. The Morgan fingerprint density at radius 1 is 1.04 bits per heavy atom. The third-order valence-corrected chi connectivity index (χ3v) is 4.72. The van der Waals surface area contributed by atoms with Gasteiger partial charge in [0.05, 0.1) is 16.6 Å². The van der Waals surface area contributed by atoms with Gasteiger partial charge in [-0.05, 0) is 42.5 Å². The van der Waals surface area contributed by atoms with Crippen molar-refractivity contribution in [2.24, 2.45) is 5.92 Å². The van der Waals surface area contributed by atoms with Crippen molar-refractivity contribution in [2.75, 3.05) is 22.1 Å². The number of hydrogen-bond acceptors (Lipinski definition) is 3. The molecule has 1 aliphatic heterocycles. The molecule has 6 nitrogen and oxygen atoms in total. The smallest absolute Gasteiger partial charge is 0.229 e. The topological polar surface area (TPSA) is 78.5 Å². The molecule has 8 heteroatoms. The monoisotopic (exact) mass is 405 g/mol. The second kappa shape index (κ2) is 7.98. The van der Waals surface area contributed by atoms with Gasteiger partial charge in [-0.15, -0.1) is 0 Å². The predicted octanol–water partition coefficient (Wildman–Crippen LogP) is 3.94. The van der Waals surface area contributed by atoms with E-state index in [9.17, 15) is 14.4 Å². The quantitative estimate of drug-likeness (QED) is 0.807. The lowest BCUT2D eigenvalue weighted by Crippen LogP contribution is -2.28. The van der Waals surface area contributed by atoms with Crippen molar-refractivity contribution >= 4 is 58.0 Å². The molecule has 0 bridgehead atoms. The molecule has 0 aliphatic carbocycles. The van der Waals surface area contributed by atoms with E-state index in [0.717, 1.165) is 0 Å². The maximum absolute atomic E-state index is 12.5. The van der Waals surface area contributed by atoms with E-state index in [1.54, 1.807) is 42.5 Å². The van der Waals surface area contributed by atoms with Gasteiger partial charge < -0.3 is 15.5 Å². The average molecular weight is 406 g/mol. The molecule has 0 saturated carbocycles. The summed E-state index contributed by atoms with van der Waals surface area (Å²) >= 11 is 12.2. The minimum absolute atomic E-state index is 0.0959. The number of nitrogens with zero attached hydrogens (tertiary/aromatic N) is 1. The zero-order valence-corrected chi connectivity index (χ0v) is 16.0. The molecule has 3 rings (SSSR count). The normalized spacial score (nSPS) is 16.3. The highest BCUT2D eigenvalue weighted by molar-refractivity contribution is 6.36. The van der Waals surface area contributed by atoms with Crippen molar-refractivity contribution in [1.29, 1.82) is 0 Å². The first-order valence-electron chi connectivity index (χ1n) is 8.27. The van der Waals surface area contributed by atoms with Crippen LogP contribution in [0.1, 0.15) is 13.3 Å². The fourth-order valence-corrected chi connectivity index (χ4v) is 3.28. The number of carbonyl (C=O) groups excluding carboxylic acids is 3. The Bertz CT molecular complexity index is 900. The summed E-state index contributed by atoms with van der Waals surface area (Å²) in [7, 11) is 0. The van der Waals surface area contributed by atoms with Crippen molar-refractivity contribution in [2.45, 2.75) is 13.3 Å². The molecule has 0 radical (unpaired) electrons. The number of carbonyl (C=O) groups is 3. The molecule has 3 amide bonds. The second-order valence-corrected chi connectivity index (χ2v) is 7.09. The molecule has 1 fully saturated rings. The summed E-state index contributed by atoms with van der Waals surface area (Å²) in [5, 5.41) is 6.32. The highest BCUT2D eigenvalue weighted by atomic mass is 35.5. The Hall–Kier alpha value is -2.57. The number of hydrogen-bond donors (Lipinski definition) is 2. The minimum Gasteiger partial charge on any atom is -0.326 e. The van der Waals surface area contributed by atoms with E-state index in [2.05, 4.69) is 10.6 Å². The highest BCUT2D eigenvalue weighted by Gasteiger charge is 2.36. The van der Waals surface area contributed by atoms with Crippen LogP contribution in [0.25, 0.3) is 0 Å². The first-order chi connectivity index (χ1) is 12.8. The molecule has 2 aromatic carbocycles. The van der Waals surface area contributed by atoms with E-state index in [0.29, 0.717) is 27.1 Å². The Labute approximate surface area is 166 Å². The summed E-state index contributed by atoms with van der Waals surface area (Å²) in [5.41, 5.74) is 1.73. The van der Waals surface area contributed by atoms with Crippen LogP contribution in [0.4, 0.5) is 17.1 Å². The van der Waals surface area contributed by atoms with Gasteiger partial charge in [-0.1, -0.05) is 23.2 Å². The average Bonchev–Trinajstić information content (AvgIpc) is 3.00. The third kappa shape index (κ3) is 4.59. The zero-order valence-electron chi connectivity index (χ0n) is 14.5. The van der Waals surface area contributed by atoms with Crippen molar-refractivity contribution in [1.82, 2.24) is 0 Å². The number of amides is 3. The molecule has 1 saturated heterocycles. The van der Waals surface area contributed by atoms with Gasteiger partial charge in [-0.25, -0.2) is 0 Å². The van der Waals surface area contributed by atoms with Gasteiger partial charge >= 0.3 is 0 Å². The molecule has 1 atom stereocenters. The fourth-order valence-electron chi connectivity index (χ4n) is 2.89. The zero-order chi connectivity index (χ0) is 19.6. The van der Waals surface area contributed by atoms with Gasteiger partial charge in [0.2, 0.25) is 17.7 Å². The van der Waals surface area contributed by atoms with Crippen LogP contribution in [0, 0.1) is 5.92 Å². The summed E-state index contributed by atoms with van der Waals surface area (Å²) in [5.74, 6) is -1.10. The standard InChI is InChI=1S/C19H17Cl2N3O3/c1-11(25)22-14-3-5-15(6-4-14)23-19(27)12-8-18(26)24(10-12)17-9-13(20)2-7-16(17)21/h2-7,9,12H,8,10H2,1H3,(H,22,25)(H,23,27)/t12-/m0/s1. The van der Waals surface area contributed by atoms with Gasteiger partial charge in [0.15, 0.2) is 0 Å². The molecule has 0 unspecified atom stereocenters. The van der Waals surface area contributed by atoms with Gasteiger partial charge in [0.25, 0.3) is 0 Å². The van der Waals surface area contributed by atoms with Crippen molar-refractivity contribution < 1.29 is 14.4 Å². The van der Waals surface area contributed by atoms with Crippen LogP contribution in [0.5, 0.6) is 0 Å². The summed E-state index contributed by atoms with van der Waals surface area (Å²) in [6.45, 7) is 1.65. The lowest BCUT2D eigenvalue weighted by atomic mass is 10.1. The van der Waals surface area contributed by atoms with E-state index in [4.69, 9.17) is 23.2 Å². The Kier molecular flexibility index (Phi) is 5.68. The van der Waals surface area contributed by atoms with Gasteiger partial charge in [0.1, 0.15) is 0 Å². The summed E-state index contributed by atoms with van der Waals surface area (Å²) in [6.07, 6.45) is 0.0959. The van der Waals surface area contributed by atoms with Crippen molar-refractivity contribution in [3.05, 3.63) is 52.5 Å². The van der Waals surface area contributed by atoms with Crippen LogP contribution in [0.2, 0.25) is 10.0 Å². The Morgan fingerprint density at radius 3 is 2.30 bits per heavy atom. The van der Waals surface area contributed by atoms with E-state index in [1.165, 1.54) is 11.8 Å². The van der Waals surface area contributed by atoms with Crippen LogP contribution in [-0.2, 0) is 14.4 Å². The van der Waals surface area contributed by atoms with E-state index in [-0.39, 0.29) is 30.7 Å². The first kappa shape index (κ1) is 19.2. The number of anilines is 3. The Balaban J connectivity index is 1.67. The molecular formula is C19H17Cl2N3O3. The lowest BCUT2D eigenvalue weighted by Gasteiger charge is -2.18. The predicted molar refractivity (Wildman–Crippen MR) is 106 cm³/mol. The van der Waals surface area contributed by atoms with Crippen LogP contribution in [-0.4, -0.2) is 24.3 Å². The number of benzene rings is 2. The van der Waals surface area contributed by atoms with Crippen molar-refractivity contribution in [3.8, 4) is 0 Å². The van der Waals surface area contributed by atoms with Gasteiger partial charge in [0, 0.05) is 36.3 Å². The maximum atomic E-state index is 12.5. The molecular weight excluding hydrogens is 389 g/mol. The molecule has 0 spiro atoms. The largest absolute Gasteiger partial charge is 0.326 e. The minimum atomic E-state index is -0.498. The van der Waals surface area contributed by atoms with Crippen LogP contribution in [0.15, 0.2) is 42.5 Å². The van der Waals surface area contributed by atoms with Crippen LogP contribution >= 0.6 is 23.2 Å². The lowest BCUT2D eigenvalue weighted by molar-refractivity contribution is -0.122. The van der Waals surface area contributed by atoms with E-state index < -0.39 is 5.92 Å². The van der Waals surface area contributed by atoms with Gasteiger partial charge in [-0.3, -0.25) is 14.4 Å². The third-order valence-electron chi connectivity index (χ3n) is 4.17. The van der Waals surface area contributed by atoms with E-state index >= 15 is 0 Å². The van der Waals surface area contributed by atoms with Crippen LogP contribution < -0.4 is 15.5 Å². The second-order valence-electron chi connectivity index (χ2n) is 6.25. The number of halogens is 2. The highest BCUT2D eigenvalue weighted by Crippen LogP contribution is 2.33. The Morgan fingerprint density at radius 2 is 1.67 bits per heavy atom. The van der Waals surface area contributed by atoms with Crippen LogP contribution in [0.3, 0.4) is 0 Å². The maximum Gasteiger partial charge on any atom is 0.229 e. The fraction of sp³-hybridized carbons (Fsp3) is 0.211.